The maximum atomic E-state index is 13.4. The smallest absolute Gasteiger partial charge is 0.258 e. The molecule has 3 atom stereocenters. The van der Waals surface area contributed by atoms with Gasteiger partial charge in [-0.25, -0.2) is 12.8 Å². The molecule has 1 N–H and O–H groups in total. The number of ether oxygens (including phenoxy) is 1. The highest BCUT2D eigenvalue weighted by Gasteiger charge is 2.36. The number of carbonyl (C=O) groups excluding carboxylic acids is 1. The molecule has 0 bridgehead atoms. The first-order chi connectivity index (χ1) is 16.0. The molecule has 0 saturated heterocycles. The molecule has 2 aromatic rings. The number of nitrogens with zero attached hydrogens (tertiary/aromatic N) is 3. The number of aliphatic hydroxyl groups excluding tert-OH is 1. The zero-order valence-electron chi connectivity index (χ0n) is 20.1. The molecule has 10 heteroatoms. The minimum Gasteiger partial charge on any atom is -0.486 e. The SMILES string of the molecule is C[C@H](CO)N1C[C@H](C)[C@@H](CN(C)S(=O)(=O)c2ccc(F)cc2)Oc2c(cccc2N(C)C)C1=O. The fraction of sp³-hybridized carbons (Fsp3) is 0.458. The molecule has 34 heavy (non-hydrogen) atoms. The minimum absolute atomic E-state index is 0.0115. The van der Waals surface area contributed by atoms with Gasteiger partial charge in [0.25, 0.3) is 5.91 Å². The first-order valence-corrected chi connectivity index (χ1v) is 12.5. The monoisotopic (exact) mass is 493 g/mol. The number of sulfonamides is 1. The number of benzene rings is 2. The minimum atomic E-state index is -3.89. The van der Waals surface area contributed by atoms with Gasteiger partial charge in [-0.2, -0.15) is 4.31 Å². The van der Waals surface area contributed by atoms with E-state index < -0.39 is 28.0 Å². The van der Waals surface area contributed by atoms with Crippen molar-refractivity contribution in [3.63, 3.8) is 0 Å². The molecular formula is C24H32FN3O5S. The van der Waals surface area contributed by atoms with Crippen molar-refractivity contribution in [3.8, 4) is 5.75 Å². The maximum absolute atomic E-state index is 13.4. The summed E-state index contributed by atoms with van der Waals surface area (Å²) in [4.78, 5) is 16.8. The van der Waals surface area contributed by atoms with Crippen LogP contribution in [-0.2, 0) is 10.0 Å². The topological polar surface area (TPSA) is 90.4 Å². The first-order valence-electron chi connectivity index (χ1n) is 11.1. The predicted octanol–water partition coefficient (Wildman–Crippen LogP) is 2.43. The van der Waals surface area contributed by atoms with Gasteiger partial charge < -0.3 is 19.6 Å². The van der Waals surface area contributed by atoms with Crippen LogP contribution in [0, 0.1) is 11.7 Å². The Labute approximate surface area is 200 Å². The van der Waals surface area contributed by atoms with E-state index in [0.29, 0.717) is 17.0 Å². The van der Waals surface area contributed by atoms with E-state index in [-0.39, 0.29) is 36.4 Å². The quantitative estimate of drug-likeness (QED) is 0.637. The second-order valence-corrected chi connectivity index (χ2v) is 11.0. The van der Waals surface area contributed by atoms with Crippen LogP contribution in [0.1, 0.15) is 24.2 Å². The fourth-order valence-corrected chi connectivity index (χ4v) is 5.12. The molecule has 0 aliphatic carbocycles. The Hall–Kier alpha value is -2.69. The van der Waals surface area contributed by atoms with Crippen LogP contribution in [0.15, 0.2) is 47.4 Å². The zero-order chi connectivity index (χ0) is 25.2. The van der Waals surface area contributed by atoms with Gasteiger partial charge in [0.15, 0.2) is 5.75 Å². The number of fused-ring (bicyclic) bond motifs is 1. The number of anilines is 1. The molecule has 0 unspecified atom stereocenters. The van der Waals surface area contributed by atoms with Crippen LogP contribution in [0.25, 0.3) is 0 Å². The average molecular weight is 494 g/mol. The van der Waals surface area contributed by atoms with Crippen molar-refractivity contribution in [2.45, 2.75) is 30.9 Å². The number of hydrogen-bond acceptors (Lipinski definition) is 6. The van der Waals surface area contributed by atoms with Gasteiger partial charge >= 0.3 is 0 Å². The molecule has 2 aromatic carbocycles. The Balaban J connectivity index is 2.01. The Morgan fingerprint density at radius 2 is 1.82 bits per heavy atom. The maximum Gasteiger partial charge on any atom is 0.258 e. The summed E-state index contributed by atoms with van der Waals surface area (Å²) in [5.74, 6) is -0.657. The Morgan fingerprint density at radius 3 is 2.41 bits per heavy atom. The van der Waals surface area contributed by atoms with Crippen LogP contribution in [0.4, 0.5) is 10.1 Å². The molecule has 8 nitrogen and oxygen atoms in total. The first kappa shape index (κ1) is 25.9. The molecule has 0 radical (unpaired) electrons. The summed E-state index contributed by atoms with van der Waals surface area (Å²) in [6, 6.07) is 9.51. The van der Waals surface area contributed by atoms with Crippen molar-refractivity contribution in [1.82, 2.24) is 9.21 Å². The molecular weight excluding hydrogens is 461 g/mol. The summed E-state index contributed by atoms with van der Waals surface area (Å²) in [7, 11) is 1.22. The highest BCUT2D eigenvalue weighted by Crippen LogP contribution is 2.36. The van der Waals surface area contributed by atoms with E-state index in [4.69, 9.17) is 4.74 Å². The number of rotatable bonds is 7. The van der Waals surface area contributed by atoms with Gasteiger partial charge in [-0.05, 0) is 43.3 Å². The Kier molecular flexibility index (Phi) is 7.84. The van der Waals surface area contributed by atoms with E-state index in [9.17, 15) is 22.7 Å². The van der Waals surface area contributed by atoms with E-state index in [1.165, 1.54) is 23.5 Å². The van der Waals surface area contributed by atoms with Gasteiger partial charge in [-0.3, -0.25) is 4.79 Å². The Morgan fingerprint density at radius 1 is 1.18 bits per heavy atom. The van der Waals surface area contributed by atoms with E-state index in [0.717, 1.165) is 12.1 Å². The number of amides is 1. The third-order valence-corrected chi connectivity index (χ3v) is 7.95. The van der Waals surface area contributed by atoms with Crippen LogP contribution in [0.2, 0.25) is 0 Å². The molecule has 1 heterocycles. The second-order valence-electron chi connectivity index (χ2n) is 8.91. The van der Waals surface area contributed by atoms with Crippen molar-refractivity contribution in [2.24, 2.45) is 5.92 Å². The van der Waals surface area contributed by atoms with Crippen LogP contribution >= 0.6 is 0 Å². The van der Waals surface area contributed by atoms with Crippen molar-refractivity contribution in [3.05, 3.63) is 53.8 Å². The zero-order valence-corrected chi connectivity index (χ0v) is 20.9. The van der Waals surface area contributed by atoms with Gasteiger partial charge in [0.2, 0.25) is 10.0 Å². The van der Waals surface area contributed by atoms with Gasteiger partial charge in [-0.15, -0.1) is 0 Å². The molecule has 186 valence electrons. The highest BCUT2D eigenvalue weighted by molar-refractivity contribution is 7.89. The third-order valence-electron chi connectivity index (χ3n) is 6.11. The molecule has 0 fully saturated rings. The van der Waals surface area contributed by atoms with E-state index in [1.807, 2.05) is 32.0 Å². The van der Waals surface area contributed by atoms with Crippen LogP contribution in [-0.4, -0.2) is 81.6 Å². The summed E-state index contributed by atoms with van der Waals surface area (Å²) in [6.07, 6.45) is -0.596. The number of hydrogen-bond donors (Lipinski definition) is 1. The summed E-state index contributed by atoms with van der Waals surface area (Å²) in [5.41, 5.74) is 1.04. The lowest BCUT2D eigenvalue weighted by Gasteiger charge is -2.38. The van der Waals surface area contributed by atoms with Gasteiger partial charge in [0.05, 0.1) is 35.3 Å². The molecule has 1 aliphatic heterocycles. The summed E-state index contributed by atoms with van der Waals surface area (Å²) < 4.78 is 47.1. The van der Waals surface area contributed by atoms with Crippen molar-refractivity contribution in [2.75, 3.05) is 45.7 Å². The number of para-hydroxylation sites is 1. The lowest BCUT2D eigenvalue weighted by atomic mass is 9.99. The highest BCUT2D eigenvalue weighted by atomic mass is 32.2. The molecule has 0 saturated carbocycles. The van der Waals surface area contributed by atoms with Crippen molar-refractivity contribution in [1.29, 1.82) is 0 Å². The summed E-state index contributed by atoms with van der Waals surface area (Å²) in [6.45, 7) is 3.74. The van der Waals surface area contributed by atoms with E-state index in [1.54, 1.807) is 24.0 Å². The summed E-state index contributed by atoms with van der Waals surface area (Å²) in [5, 5.41) is 9.76. The Bertz CT molecular complexity index is 1120. The molecule has 1 amide bonds. The molecule has 0 aromatic heterocycles. The van der Waals surface area contributed by atoms with Crippen molar-refractivity contribution >= 4 is 21.6 Å². The fourth-order valence-electron chi connectivity index (χ4n) is 3.94. The lowest BCUT2D eigenvalue weighted by molar-refractivity contribution is 0.0388. The van der Waals surface area contributed by atoms with E-state index in [2.05, 4.69) is 0 Å². The van der Waals surface area contributed by atoms with Crippen LogP contribution in [0.5, 0.6) is 5.75 Å². The third kappa shape index (κ3) is 5.18. The lowest BCUT2D eigenvalue weighted by Crippen LogP contribution is -2.50. The predicted molar refractivity (Wildman–Crippen MR) is 128 cm³/mol. The van der Waals surface area contributed by atoms with E-state index >= 15 is 0 Å². The van der Waals surface area contributed by atoms with Gasteiger partial charge in [0, 0.05) is 33.6 Å². The number of likely N-dealkylation sites (N-methyl/N-ethyl adjacent to an activating group) is 1. The standard InChI is InChI=1S/C24H32FN3O5S/c1-16-13-28(17(2)15-29)24(30)20-7-6-8-21(26(3)4)23(20)33-22(16)14-27(5)34(31,32)19-11-9-18(25)10-12-19/h6-12,16-17,22,29H,13-15H2,1-5H3/t16-,17+,22+/m0/s1. The number of carbonyl (C=O) groups is 1. The van der Waals surface area contributed by atoms with Crippen LogP contribution < -0.4 is 9.64 Å². The number of halogens is 1. The molecule has 0 spiro atoms. The normalized spacial score (nSPS) is 19.8. The van der Waals surface area contributed by atoms with Crippen LogP contribution in [0.3, 0.4) is 0 Å². The second kappa shape index (κ2) is 10.3. The largest absolute Gasteiger partial charge is 0.486 e. The number of aliphatic hydroxyl groups is 1. The van der Waals surface area contributed by atoms with Crippen molar-refractivity contribution < 1.29 is 27.4 Å². The van der Waals surface area contributed by atoms with Gasteiger partial charge in [0.1, 0.15) is 11.9 Å². The molecule has 3 rings (SSSR count). The van der Waals surface area contributed by atoms with Gasteiger partial charge in [-0.1, -0.05) is 13.0 Å². The molecule has 1 aliphatic rings. The summed E-state index contributed by atoms with van der Waals surface area (Å²) >= 11 is 0. The average Bonchev–Trinajstić information content (AvgIpc) is 2.80.